The number of nitrogens with one attached hydrogen (secondary N) is 1. The lowest BCUT2D eigenvalue weighted by Gasteiger charge is -2.30. The molecule has 1 fully saturated rings. The molecule has 4 rings (SSSR count). The van der Waals surface area contributed by atoms with Crippen molar-refractivity contribution < 1.29 is 9.18 Å². The summed E-state index contributed by atoms with van der Waals surface area (Å²) in [7, 11) is 1.68. The number of hydrogen-bond acceptors (Lipinski definition) is 5. The van der Waals surface area contributed by atoms with Gasteiger partial charge < -0.3 is 10.2 Å². The van der Waals surface area contributed by atoms with Gasteiger partial charge in [0, 0.05) is 31.6 Å². The summed E-state index contributed by atoms with van der Waals surface area (Å²) in [4.78, 5) is 24.0. The second-order valence-corrected chi connectivity index (χ2v) is 7.33. The Balaban J connectivity index is 1.57. The maximum atomic E-state index is 14.0. The van der Waals surface area contributed by atoms with E-state index in [9.17, 15) is 9.18 Å². The molecular weight excluding hydrogens is 351 g/mol. The summed E-state index contributed by atoms with van der Waals surface area (Å²) in [6.07, 6.45) is 1.65. The Morgan fingerprint density at radius 1 is 1.19 bits per heavy atom. The first-order valence-electron chi connectivity index (χ1n) is 8.65. The third kappa shape index (κ3) is 3.14. The van der Waals surface area contributed by atoms with Gasteiger partial charge in [-0.15, -0.1) is 0 Å². The van der Waals surface area contributed by atoms with Gasteiger partial charge in [0.25, 0.3) is 0 Å². The zero-order valence-electron chi connectivity index (χ0n) is 14.4. The van der Waals surface area contributed by atoms with Crippen LogP contribution >= 0.6 is 11.3 Å². The maximum Gasteiger partial charge on any atom is 0.222 e. The molecule has 0 atom stereocenters. The molecule has 7 heteroatoms. The molecule has 0 bridgehead atoms. The average molecular weight is 370 g/mol. The van der Waals surface area contributed by atoms with Crippen LogP contribution in [0.1, 0.15) is 12.8 Å². The van der Waals surface area contributed by atoms with Crippen molar-refractivity contribution in [3.63, 3.8) is 0 Å². The molecule has 1 aliphatic rings. The lowest BCUT2D eigenvalue weighted by Crippen LogP contribution is -2.39. The Bertz CT molecular complexity index is 950. The molecule has 3 aromatic rings. The standard InChI is InChI=1S/C19H19FN4OS/c1-21-17(25)12-8-10-24(11-9-12)19-23-16-7-6-15(22-18(16)26-19)13-4-2-3-5-14(13)20/h2-7,12H,8-11H2,1H3,(H,21,25). The number of carbonyl (C=O) groups excluding carboxylic acids is 1. The molecule has 26 heavy (non-hydrogen) atoms. The number of aromatic nitrogens is 2. The van der Waals surface area contributed by atoms with E-state index in [2.05, 4.69) is 20.2 Å². The number of hydrogen-bond donors (Lipinski definition) is 1. The van der Waals surface area contributed by atoms with E-state index in [1.165, 1.54) is 17.4 Å². The highest BCUT2D eigenvalue weighted by molar-refractivity contribution is 7.21. The zero-order chi connectivity index (χ0) is 18.1. The first kappa shape index (κ1) is 16.9. The highest BCUT2D eigenvalue weighted by atomic mass is 32.1. The molecule has 0 aliphatic carbocycles. The summed E-state index contributed by atoms with van der Waals surface area (Å²) in [5.41, 5.74) is 1.93. The second kappa shape index (κ2) is 6.99. The van der Waals surface area contributed by atoms with Gasteiger partial charge in [-0.05, 0) is 37.1 Å². The van der Waals surface area contributed by atoms with Crippen molar-refractivity contribution in [2.24, 2.45) is 5.92 Å². The van der Waals surface area contributed by atoms with Gasteiger partial charge >= 0.3 is 0 Å². The average Bonchev–Trinajstić information content (AvgIpc) is 3.11. The van der Waals surface area contributed by atoms with E-state index in [0.29, 0.717) is 11.3 Å². The van der Waals surface area contributed by atoms with Crippen molar-refractivity contribution in [3.05, 3.63) is 42.2 Å². The van der Waals surface area contributed by atoms with E-state index in [1.807, 2.05) is 12.1 Å². The van der Waals surface area contributed by atoms with Gasteiger partial charge in [-0.1, -0.05) is 23.5 Å². The molecule has 0 radical (unpaired) electrons. The lowest BCUT2D eigenvalue weighted by atomic mass is 9.96. The second-order valence-electron chi connectivity index (χ2n) is 6.37. The van der Waals surface area contributed by atoms with Crippen LogP contribution in [0, 0.1) is 11.7 Å². The summed E-state index contributed by atoms with van der Waals surface area (Å²) in [5.74, 6) is -0.0816. The number of thiazole rings is 1. The summed E-state index contributed by atoms with van der Waals surface area (Å²) in [5, 5.41) is 3.64. The number of fused-ring (bicyclic) bond motifs is 1. The molecule has 0 spiro atoms. The quantitative estimate of drug-likeness (QED) is 0.767. The van der Waals surface area contributed by atoms with Crippen LogP contribution in [0.4, 0.5) is 9.52 Å². The number of halogens is 1. The van der Waals surface area contributed by atoms with Crippen LogP contribution in [0.3, 0.4) is 0 Å². The SMILES string of the molecule is CNC(=O)C1CCN(c2nc3ccc(-c4ccccc4F)nc3s2)CC1. The van der Waals surface area contributed by atoms with Crippen LogP contribution in [-0.4, -0.2) is 36.0 Å². The molecule has 134 valence electrons. The number of rotatable bonds is 3. The summed E-state index contributed by atoms with van der Waals surface area (Å²) in [6.45, 7) is 1.61. The largest absolute Gasteiger partial charge is 0.359 e. The Kier molecular flexibility index (Phi) is 4.55. The highest BCUT2D eigenvalue weighted by Gasteiger charge is 2.26. The van der Waals surface area contributed by atoms with Crippen LogP contribution in [0.5, 0.6) is 0 Å². The molecular formula is C19H19FN4OS. The van der Waals surface area contributed by atoms with Gasteiger partial charge in [-0.25, -0.2) is 14.4 Å². The van der Waals surface area contributed by atoms with Gasteiger partial charge in [-0.2, -0.15) is 0 Å². The Morgan fingerprint density at radius 2 is 1.96 bits per heavy atom. The van der Waals surface area contributed by atoms with Crippen molar-refractivity contribution in [2.75, 3.05) is 25.0 Å². The molecule has 0 unspecified atom stereocenters. The van der Waals surface area contributed by atoms with E-state index in [0.717, 1.165) is 41.4 Å². The lowest BCUT2D eigenvalue weighted by molar-refractivity contribution is -0.125. The van der Waals surface area contributed by atoms with Crippen molar-refractivity contribution in [1.29, 1.82) is 0 Å². The van der Waals surface area contributed by atoms with Crippen molar-refractivity contribution in [1.82, 2.24) is 15.3 Å². The Morgan fingerprint density at radius 3 is 2.69 bits per heavy atom. The van der Waals surface area contributed by atoms with E-state index < -0.39 is 0 Å². The number of amides is 1. The predicted octanol–water partition coefficient (Wildman–Crippen LogP) is 3.46. The number of nitrogens with zero attached hydrogens (tertiary/aromatic N) is 3. The van der Waals surface area contributed by atoms with Crippen molar-refractivity contribution >= 4 is 32.7 Å². The van der Waals surface area contributed by atoms with Gasteiger partial charge in [0.1, 0.15) is 16.2 Å². The third-order valence-electron chi connectivity index (χ3n) is 4.78. The molecule has 5 nitrogen and oxygen atoms in total. The highest BCUT2D eigenvalue weighted by Crippen LogP contribution is 2.32. The zero-order valence-corrected chi connectivity index (χ0v) is 15.2. The first-order chi connectivity index (χ1) is 12.7. The summed E-state index contributed by atoms with van der Waals surface area (Å²) in [6, 6.07) is 10.3. The minimum atomic E-state index is -0.277. The first-order valence-corrected chi connectivity index (χ1v) is 9.46. The van der Waals surface area contributed by atoms with Crippen molar-refractivity contribution in [2.45, 2.75) is 12.8 Å². The Hall–Kier alpha value is -2.54. The summed E-state index contributed by atoms with van der Waals surface area (Å²) >= 11 is 1.51. The van der Waals surface area contributed by atoms with E-state index in [1.54, 1.807) is 25.2 Å². The topological polar surface area (TPSA) is 58.1 Å². The van der Waals surface area contributed by atoms with E-state index in [4.69, 9.17) is 0 Å². The fourth-order valence-electron chi connectivity index (χ4n) is 3.30. The molecule has 2 aromatic heterocycles. The maximum absolute atomic E-state index is 14.0. The van der Waals surface area contributed by atoms with Crippen molar-refractivity contribution in [3.8, 4) is 11.3 Å². The number of pyridine rings is 1. The fourth-order valence-corrected chi connectivity index (χ4v) is 4.29. The monoisotopic (exact) mass is 370 g/mol. The molecule has 1 amide bonds. The molecule has 1 aromatic carbocycles. The van der Waals surface area contributed by atoms with Crippen LogP contribution in [0.15, 0.2) is 36.4 Å². The molecule has 1 N–H and O–H groups in total. The van der Waals surface area contributed by atoms with Crippen LogP contribution in [-0.2, 0) is 4.79 Å². The molecule has 1 saturated heterocycles. The van der Waals surface area contributed by atoms with Gasteiger partial charge in [0.05, 0.1) is 5.69 Å². The number of anilines is 1. The van der Waals surface area contributed by atoms with E-state index in [-0.39, 0.29) is 17.6 Å². The summed E-state index contributed by atoms with van der Waals surface area (Å²) < 4.78 is 14.0. The normalized spacial score (nSPS) is 15.4. The van der Waals surface area contributed by atoms with Crippen LogP contribution in [0.25, 0.3) is 21.6 Å². The van der Waals surface area contributed by atoms with E-state index >= 15 is 0 Å². The van der Waals surface area contributed by atoms with Gasteiger partial charge in [0.15, 0.2) is 5.13 Å². The molecule has 3 heterocycles. The smallest absolute Gasteiger partial charge is 0.222 e. The van der Waals surface area contributed by atoms with Gasteiger partial charge in [0.2, 0.25) is 5.91 Å². The Labute approximate surface area is 154 Å². The minimum absolute atomic E-state index is 0.0800. The van der Waals surface area contributed by atoms with Crippen LogP contribution < -0.4 is 10.2 Å². The third-order valence-corrected chi connectivity index (χ3v) is 5.80. The van der Waals surface area contributed by atoms with Gasteiger partial charge in [-0.3, -0.25) is 4.79 Å². The molecule has 1 aliphatic heterocycles. The molecule has 0 saturated carbocycles. The minimum Gasteiger partial charge on any atom is -0.359 e. The number of carbonyl (C=O) groups is 1. The fraction of sp³-hybridized carbons (Fsp3) is 0.316. The van der Waals surface area contributed by atoms with Crippen LogP contribution in [0.2, 0.25) is 0 Å². The number of benzene rings is 1. The number of piperidine rings is 1. The predicted molar refractivity (Wildman–Crippen MR) is 102 cm³/mol.